The standard InChI is InChI=1S/C27H34N4O/c28-21-16-18-22(19-17-21)30-25-15-9-8-14-24(25)26(20-10-4-3-5-11-20)29-31(27(30)32)23-12-6-1-2-7-13-23/h8-9,14-20,23H,1-7,10-13,28H2. The molecule has 1 aliphatic heterocycles. The van der Waals surface area contributed by atoms with Crippen molar-refractivity contribution in [1.29, 1.82) is 0 Å². The third-order valence-corrected chi connectivity index (χ3v) is 7.34. The number of carbonyl (C=O) groups excluding carboxylic acids is 1. The molecule has 5 heteroatoms. The van der Waals surface area contributed by atoms with Crippen molar-refractivity contribution in [1.82, 2.24) is 5.01 Å². The van der Waals surface area contributed by atoms with E-state index in [4.69, 9.17) is 10.8 Å². The molecule has 2 aliphatic carbocycles. The van der Waals surface area contributed by atoms with Crippen molar-refractivity contribution in [2.75, 3.05) is 10.6 Å². The van der Waals surface area contributed by atoms with Crippen LogP contribution in [0.15, 0.2) is 53.6 Å². The lowest BCUT2D eigenvalue weighted by atomic mass is 9.83. The molecule has 168 valence electrons. The number of hydrogen-bond donors (Lipinski definition) is 1. The summed E-state index contributed by atoms with van der Waals surface area (Å²) in [7, 11) is 0. The summed E-state index contributed by atoms with van der Waals surface area (Å²) in [5, 5.41) is 7.07. The minimum absolute atomic E-state index is 0.0417. The Balaban J connectivity index is 1.65. The predicted octanol–water partition coefficient (Wildman–Crippen LogP) is 6.85. The first kappa shape index (κ1) is 21.0. The van der Waals surface area contributed by atoms with Crippen LogP contribution in [0.1, 0.15) is 76.2 Å². The number of nitrogens with zero attached hydrogens (tertiary/aromatic N) is 3. The van der Waals surface area contributed by atoms with E-state index in [0.717, 1.165) is 61.2 Å². The second kappa shape index (κ2) is 9.35. The average Bonchev–Trinajstić information content (AvgIpc) is 3.17. The molecule has 32 heavy (non-hydrogen) atoms. The van der Waals surface area contributed by atoms with Crippen molar-refractivity contribution < 1.29 is 4.79 Å². The third kappa shape index (κ3) is 4.13. The number of carbonyl (C=O) groups is 1. The highest BCUT2D eigenvalue weighted by atomic mass is 16.2. The van der Waals surface area contributed by atoms with Crippen molar-refractivity contribution in [3.63, 3.8) is 0 Å². The van der Waals surface area contributed by atoms with Gasteiger partial charge in [0, 0.05) is 17.2 Å². The molecule has 5 nitrogen and oxygen atoms in total. The number of hydrazone groups is 1. The summed E-state index contributed by atoms with van der Waals surface area (Å²) >= 11 is 0. The summed E-state index contributed by atoms with van der Waals surface area (Å²) in [6.07, 6.45) is 13.0. The van der Waals surface area contributed by atoms with Gasteiger partial charge in [-0.3, -0.25) is 4.90 Å². The molecule has 0 saturated heterocycles. The SMILES string of the molecule is Nc1ccc(N2C(=O)N(C3CCCCCC3)N=C(C3CCCCC3)c3ccccc32)cc1. The van der Waals surface area contributed by atoms with Crippen LogP contribution in [0.3, 0.4) is 0 Å². The van der Waals surface area contributed by atoms with Crippen molar-refractivity contribution in [2.24, 2.45) is 11.0 Å². The lowest BCUT2D eigenvalue weighted by Gasteiger charge is -2.31. The highest BCUT2D eigenvalue weighted by Crippen LogP contribution is 2.39. The fraction of sp³-hybridized carbons (Fsp3) is 0.481. The van der Waals surface area contributed by atoms with Gasteiger partial charge in [-0.15, -0.1) is 0 Å². The van der Waals surface area contributed by atoms with E-state index in [1.807, 2.05) is 40.2 Å². The molecule has 0 aromatic heterocycles. The first-order valence-corrected chi connectivity index (χ1v) is 12.4. The van der Waals surface area contributed by atoms with Crippen LogP contribution in [-0.4, -0.2) is 22.8 Å². The molecular weight excluding hydrogens is 396 g/mol. The van der Waals surface area contributed by atoms with Gasteiger partial charge >= 0.3 is 6.03 Å². The van der Waals surface area contributed by atoms with Crippen LogP contribution in [0.4, 0.5) is 21.9 Å². The second-order valence-electron chi connectivity index (χ2n) is 9.54. The van der Waals surface area contributed by atoms with Crippen LogP contribution in [0.2, 0.25) is 0 Å². The largest absolute Gasteiger partial charge is 0.399 e. The maximum atomic E-state index is 14.1. The van der Waals surface area contributed by atoms with Crippen LogP contribution in [0.25, 0.3) is 0 Å². The number of nitrogen functional groups attached to an aromatic ring is 1. The minimum Gasteiger partial charge on any atom is -0.399 e. The normalized spacial score (nSPS) is 21.0. The zero-order valence-corrected chi connectivity index (χ0v) is 18.9. The van der Waals surface area contributed by atoms with E-state index >= 15 is 0 Å². The molecule has 0 unspecified atom stereocenters. The van der Waals surface area contributed by atoms with E-state index < -0.39 is 0 Å². The van der Waals surface area contributed by atoms with Crippen LogP contribution in [0.5, 0.6) is 0 Å². The van der Waals surface area contributed by atoms with Gasteiger partial charge in [0.05, 0.1) is 23.1 Å². The Hall–Kier alpha value is -2.82. The van der Waals surface area contributed by atoms with Gasteiger partial charge in [-0.25, -0.2) is 9.80 Å². The van der Waals surface area contributed by atoms with Gasteiger partial charge < -0.3 is 5.73 Å². The van der Waals surface area contributed by atoms with Crippen LogP contribution in [0, 0.1) is 5.92 Å². The molecule has 3 aliphatic rings. The smallest absolute Gasteiger partial charge is 0.349 e. The van der Waals surface area contributed by atoms with Crippen molar-refractivity contribution in [2.45, 2.75) is 76.7 Å². The Bertz CT molecular complexity index is 969. The molecule has 1 heterocycles. The third-order valence-electron chi connectivity index (χ3n) is 7.34. The lowest BCUT2D eigenvalue weighted by Crippen LogP contribution is -2.43. The van der Waals surface area contributed by atoms with E-state index in [1.54, 1.807) is 0 Å². The molecule has 0 radical (unpaired) electrons. The monoisotopic (exact) mass is 430 g/mol. The van der Waals surface area contributed by atoms with Gasteiger partial charge in [-0.05, 0) is 56.0 Å². The van der Waals surface area contributed by atoms with Gasteiger partial charge in [-0.2, -0.15) is 5.10 Å². The molecule has 2 saturated carbocycles. The summed E-state index contributed by atoms with van der Waals surface area (Å²) in [5.41, 5.74) is 10.6. The van der Waals surface area contributed by atoms with Gasteiger partial charge in [0.25, 0.3) is 0 Å². The Kier molecular flexibility index (Phi) is 6.15. The molecule has 2 fully saturated rings. The number of amides is 2. The number of fused-ring (bicyclic) bond motifs is 1. The highest BCUT2D eigenvalue weighted by Gasteiger charge is 2.36. The maximum absolute atomic E-state index is 14.1. The lowest BCUT2D eigenvalue weighted by molar-refractivity contribution is 0.179. The van der Waals surface area contributed by atoms with Crippen LogP contribution < -0.4 is 10.6 Å². The van der Waals surface area contributed by atoms with E-state index in [2.05, 4.69) is 18.2 Å². The van der Waals surface area contributed by atoms with Gasteiger partial charge in [-0.1, -0.05) is 63.1 Å². The molecular formula is C27H34N4O. The van der Waals surface area contributed by atoms with E-state index in [9.17, 15) is 4.79 Å². The number of nitrogens with two attached hydrogens (primary N) is 1. The molecule has 2 N–H and O–H groups in total. The number of para-hydroxylation sites is 1. The topological polar surface area (TPSA) is 61.9 Å². The van der Waals surface area contributed by atoms with E-state index in [-0.39, 0.29) is 12.1 Å². The molecule has 2 aromatic rings. The number of rotatable bonds is 3. The Labute approximate surface area is 191 Å². The van der Waals surface area contributed by atoms with Gasteiger partial charge in [0.2, 0.25) is 0 Å². The summed E-state index contributed by atoms with van der Waals surface area (Å²) in [5.74, 6) is 0.414. The average molecular weight is 431 g/mol. The summed E-state index contributed by atoms with van der Waals surface area (Å²) < 4.78 is 0. The maximum Gasteiger partial charge on any atom is 0.349 e. The molecule has 2 aromatic carbocycles. The van der Waals surface area contributed by atoms with Crippen molar-refractivity contribution in [3.8, 4) is 0 Å². The fourth-order valence-corrected chi connectivity index (χ4v) is 5.59. The van der Waals surface area contributed by atoms with Gasteiger partial charge in [0.1, 0.15) is 0 Å². The number of benzene rings is 2. The fourth-order valence-electron chi connectivity index (χ4n) is 5.59. The van der Waals surface area contributed by atoms with E-state index in [0.29, 0.717) is 11.6 Å². The predicted molar refractivity (Wildman–Crippen MR) is 131 cm³/mol. The summed E-state index contributed by atoms with van der Waals surface area (Å²) in [6, 6.07) is 16.1. The van der Waals surface area contributed by atoms with Crippen LogP contribution >= 0.6 is 0 Å². The number of anilines is 3. The van der Waals surface area contributed by atoms with Crippen molar-refractivity contribution >= 4 is 28.8 Å². The zero-order chi connectivity index (χ0) is 21.9. The number of urea groups is 1. The molecule has 0 bridgehead atoms. The molecule has 0 spiro atoms. The quantitative estimate of drug-likeness (QED) is 0.427. The Morgan fingerprint density at radius 3 is 2.12 bits per heavy atom. The molecule has 0 atom stereocenters. The zero-order valence-electron chi connectivity index (χ0n) is 18.9. The van der Waals surface area contributed by atoms with Gasteiger partial charge in [0.15, 0.2) is 0 Å². The summed E-state index contributed by atoms with van der Waals surface area (Å²) in [6.45, 7) is 0. The molecule has 2 amide bonds. The second-order valence-corrected chi connectivity index (χ2v) is 9.54. The Morgan fingerprint density at radius 2 is 1.41 bits per heavy atom. The summed E-state index contributed by atoms with van der Waals surface area (Å²) in [4.78, 5) is 16.0. The Morgan fingerprint density at radius 1 is 0.781 bits per heavy atom. The molecule has 5 rings (SSSR count). The first-order chi connectivity index (χ1) is 15.7. The van der Waals surface area contributed by atoms with Crippen LogP contribution in [-0.2, 0) is 0 Å². The minimum atomic E-state index is -0.0417. The highest BCUT2D eigenvalue weighted by molar-refractivity contribution is 6.13. The number of hydrogen-bond acceptors (Lipinski definition) is 3. The van der Waals surface area contributed by atoms with Crippen molar-refractivity contribution in [3.05, 3.63) is 54.1 Å². The van der Waals surface area contributed by atoms with E-state index in [1.165, 1.54) is 32.1 Å². The first-order valence-electron chi connectivity index (χ1n) is 12.4.